The van der Waals surface area contributed by atoms with Gasteiger partial charge in [0.15, 0.2) is 0 Å². The normalized spacial score (nSPS) is 10.9. The predicted octanol–water partition coefficient (Wildman–Crippen LogP) is 3.50. The molecule has 0 aliphatic heterocycles. The number of anilines is 1. The molecule has 0 fully saturated rings. The van der Waals surface area contributed by atoms with E-state index in [-0.39, 0.29) is 0 Å². The predicted molar refractivity (Wildman–Crippen MR) is 83.2 cm³/mol. The van der Waals surface area contributed by atoms with Gasteiger partial charge in [-0.2, -0.15) is 5.10 Å². The number of pyridine rings is 1. The molecule has 0 radical (unpaired) electrons. The third kappa shape index (κ3) is 3.12. The molecule has 2 rings (SSSR count). The van der Waals surface area contributed by atoms with E-state index in [4.69, 9.17) is 5.73 Å². The van der Waals surface area contributed by atoms with E-state index in [9.17, 15) is 0 Å². The van der Waals surface area contributed by atoms with Crippen LogP contribution in [0.5, 0.6) is 0 Å². The number of hydrogen-bond acceptors (Lipinski definition) is 4. The topological polar surface area (TPSA) is 56.7 Å². The van der Waals surface area contributed by atoms with Gasteiger partial charge < -0.3 is 5.73 Å². The molecule has 0 saturated carbocycles. The molecule has 4 nitrogen and oxygen atoms in total. The van der Waals surface area contributed by atoms with Crippen molar-refractivity contribution in [3.05, 3.63) is 34.2 Å². The van der Waals surface area contributed by atoms with E-state index in [1.807, 2.05) is 16.8 Å². The summed E-state index contributed by atoms with van der Waals surface area (Å²) in [5.41, 5.74) is 8.92. The Labute approximate surface area is 125 Å². The zero-order valence-corrected chi connectivity index (χ0v) is 13.5. The Morgan fingerprint density at radius 2 is 2.21 bits per heavy atom. The van der Waals surface area contributed by atoms with Crippen molar-refractivity contribution in [3.8, 4) is 0 Å². The molecule has 2 N–H and O–H groups in total. The minimum absolute atomic E-state index is 0.724. The van der Waals surface area contributed by atoms with Gasteiger partial charge in [0.05, 0.1) is 21.5 Å². The van der Waals surface area contributed by atoms with Crippen molar-refractivity contribution >= 4 is 33.4 Å². The molecule has 0 spiro atoms. The summed E-state index contributed by atoms with van der Waals surface area (Å²) in [7, 11) is 0. The molecule has 0 saturated heterocycles. The van der Waals surface area contributed by atoms with Gasteiger partial charge in [-0.15, -0.1) is 0 Å². The zero-order valence-electron chi connectivity index (χ0n) is 11.1. The molecule has 2 aromatic heterocycles. The molecule has 2 heterocycles. The van der Waals surface area contributed by atoms with Gasteiger partial charge in [-0.05, 0) is 41.4 Å². The lowest BCUT2D eigenvalue weighted by Gasteiger charge is -2.06. The molecule has 19 heavy (non-hydrogen) atoms. The van der Waals surface area contributed by atoms with Crippen LogP contribution in [0.25, 0.3) is 0 Å². The highest BCUT2D eigenvalue weighted by atomic mass is 79.9. The van der Waals surface area contributed by atoms with Crippen LogP contribution in [0, 0.1) is 0 Å². The first-order valence-corrected chi connectivity index (χ1v) is 8.02. The van der Waals surface area contributed by atoms with Gasteiger partial charge in [0.25, 0.3) is 0 Å². The Kier molecular flexibility index (Phi) is 4.87. The molecule has 102 valence electrons. The minimum Gasteiger partial charge on any atom is -0.397 e. The molecular formula is C13H17BrN4S. The highest BCUT2D eigenvalue weighted by molar-refractivity contribution is 9.10. The van der Waals surface area contributed by atoms with E-state index in [0.29, 0.717) is 0 Å². The molecule has 0 unspecified atom stereocenters. The fourth-order valence-corrected chi connectivity index (χ4v) is 3.64. The average molecular weight is 341 g/mol. The van der Waals surface area contributed by atoms with Gasteiger partial charge in [0, 0.05) is 18.5 Å². The highest BCUT2D eigenvalue weighted by Crippen LogP contribution is 2.30. The van der Waals surface area contributed by atoms with Crippen molar-refractivity contribution < 1.29 is 0 Å². The summed E-state index contributed by atoms with van der Waals surface area (Å²) in [5.74, 6) is 0.808. The molecule has 0 aliphatic carbocycles. The lowest BCUT2D eigenvalue weighted by Crippen LogP contribution is -2.02. The van der Waals surface area contributed by atoms with Crippen LogP contribution in [0.4, 0.5) is 5.69 Å². The zero-order chi connectivity index (χ0) is 13.8. The number of aromatic nitrogens is 3. The molecule has 0 bridgehead atoms. The summed E-state index contributed by atoms with van der Waals surface area (Å²) < 4.78 is 3.15. The van der Waals surface area contributed by atoms with E-state index in [0.717, 1.165) is 39.6 Å². The molecule has 0 aromatic carbocycles. The maximum atomic E-state index is 5.91. The molecule has 0 amide bonds. The summed E-state index contributed by atoms with van der Waals surface area (Å²) in [6.45, 7) is 5.08. The summed E-state index contributed by atoms with van der Waals surface area (Å²) in [6.07, 6.45) is 2.69. The van der Waals surface area contributed by atoms with Crippen molar-refractivity contribution in [1.82, 2.24) is 14.8 Å². The third-order valence-corrected chi connectivity index (χ3v) is 4.79. The largest absolute Gasteiger partial charge is 0.397 e. The fraction of sp³-hybridized carbons (Fsp3) is 0.385. The summed E-state index contributed by atoms with van der Waals surface area (Å²) in [5, 5.41) is 5.46. The second-order valence-electron chi connectivity index (χ2n) is 4.06. The van der Waals surface area contributed by atoms with E-state index in [1.54, 1.807) is 18.0 Å². The van der Waals surface area contributed by atoms with Crippen molar-refractivity contribution in [2.45, 2.75) is 37.6 Å². The first-order valence-electron chi connectivity index (χ1n) is 6.24. The van der Waals surface area contributed by atoms with Crippen LogP contribution in [-0.2, 0) is 18.7 Å². The van der Waals surface area contributed by atoms with Crippen LogP contribution in [0.3, 0.4) is 0 Å². The average Bonchev–Trinajstić information content (AvgIpc) is 2.74. The quantitative estimate of drug-likeness (QED) is 0.846. The maximum Gasteiger partial charge on any atom is 0.119 e. The molecule has 0 atom stereocenters. The Bertz CT molecular complexity index is 568. The number of halogens is 1. The number of nitrogens with two attached hydrogens (primary N) is 1. The van der Waals surface area contributed by atoms with Crippen molar-refractivity contribution in [3.63, 3.8) is 0 Å². The van der Waals surface area contributed by atoms with Gasteiger partial charge >= 0.3 is 0 Å². The van der Waals surface area contributed by atoms with Crippen LogP contribution in [0.2, 0.25) is 0 Å². The lowest BCUT2D eigenvalue weighted by atomic mass is 10.3. The summed E-state index contributed by atoms with van der Waals surface area (Å²) >= 11 is 5.29. The van der Waals surface area contributed by atoms with Gasteiger partial charge in [0.1, 0.15) is 5.03 Å². The number of hydrogen-bond donors (Lipinski definition) is 1. The molecule has 0 aliphatic rings. The Balaban J connectivity index is 2.20. The van der Waals surface area contributed by atoms with Crippen LogP contribution >= 0.6 is 27.7 Å². The van der Waals surface area contributed by atoms with Crippen molar-refractivity contribution in [2.24, 2.45) is 0 Å². The minimum atomic E-state index is 0.724. The highest BCUT2D eigenvalue weighted by Gasteiger charge is 2.14. The maximum absolute atomic E-state index is 5.91. The van der Waals surface area contributed by atoms with E-state index in [1.165, 1.54) is 5.69 Å². The van der Waals surface area contributed by atoms with Crippen molar-refractivity contribution in [1.29, 1.82) is 0 Å². The first-order chi connectivity index (χ1) is 9.17. The van der Waals surface area contributed by atoms with Crippen LogP contribution in [0.15, 0.2) is 27.8 Å². The summed E-state index contributed by atoms with van der Waals surface area (Å²) in [6, 6.07) is 3.72. The van der Waals surface area contributed by atoms with Crippen LogP contribution in [0.1, 0.15) is 25.2 Å². The van der Waals surface area contributed by atoms with E-state index >= 15 is 0 Å². The third-order valence-electron chi connectivity index (χ3n) is 2.84. The monoisotopic (exact) mass is 340 g/mol. The molecule has 6 heteroatoms. The molecular weight excluding hydrogens is 324 g/mol. The van der Waals surface area contributed by atoms with Gasteiger partial charge in [-0.25, -0.2) is 4.98 Å². The van der Waals surface area contributed by atoms with Gasteiger partial charge in [0.2, 0.25) is 0 Å². The fourth-order valence-electron chi connectivity index (χ4n) is 1.82. The smallest absolute Gasteiger partial charge is 0.119 e. The van der Waals surface area contributed by atoms with Crippen LogP contribution < -0.4 is 5.73 Å². The lowest BCUT2D eigenvalue weighted by molar-refractivity contribution is 0.627. The van der Waals surface area contributed by atoms with Gasteiger partial charge in [-0.1, -0.05) is 18.7 Å². The number of nitrogens with zero attached hydrogens (tertiary/aromatic N) is 3. The van der Waals surface area contributed by atoms with Crippen molar-refractivity contribution in [2.75, 3.05) is 5.73 Å². The second-order valence-corrected chi connectivity index (χ2v) is 5.82. The van der Waals surface area contributed by atoms with E-state index in [2.05, 4.69) is 39.9 Å². The molecule has 2 aromatic rings. The number of rotatable bonds is 5. The Hall–Kier alpha value is -1.01. The van der Waals surface area contributed by atoms with Gasteiger partial charge in [-0.3, -0.25) is 4.68 Å². The van der Waals surface area contributed by atoms with Crippen LogP contribution in [-0.4, -0.2) is 14.8 Å². The number of nitrogen functional groups attached to an aromatic ring is 1. The van der Waals surface area contributed by atoms with E-state index < -0.39 is 0 Å². The number of thioether (sulfide) groups is 1. The second kappa shape index (κ2) is 6.43. The first kappa shape index (κ1) is 14.4. The SMILES string of the molecule is CCc1nn(CC)c(CSc2ncccc2N)c1Br. The standard InChI is InChI=1S/C13H17BrN4S/c1-3-10-12(14)11(18(4-2)17-10)8-19-13-9(15)6-5-7-16-13/h5-7H,3-4,8,15H2,1-2H3. The Morgan fingerprint density at radius 1 is 1.42 bits per heavy atom. The summed E-state index contributed by atoms with van der Waals surface area (Å²) in [4.78, 5) is 4.30. The Morgan fingerprint density at radius 3 is 2.84 bits per heavy atom. The number of aryl methyl sites for hydroxylation is 2.